The standard InChI is InChI=1S/C19H27FN4S/c1-4-21-19(22-11-9-15-7-5-6-8-17(15)20)23-12-10-16-13-25-18(24-16)14(2)3/h5-8,13-14H,4,9-12H2,1-3H3,(H2,21,22,23). The molecule has 2 aromatic rings. The van der Waals surface area contributed by atoms with Crippen LogP contribution in [0, 0.1) is 5.82 Å². The summed E-state index contributed by atoms with van der Waals surface area (Å²) in [5.74, 6) is 1.08. The number of aliphatic imine (C=N–C) groups is 1. The second kappa shape index (κ2) is 10.1. The second-order valence-electron chi connectivity index (χ2n) is 6.11. The van der Waals surface area contributed by atoms with Gasteiger partial charge in [0.2, 0.25) is 0 Å². The van der Waals surface area contributed by atoms with E-state index in [1.165, 1.54) is 11.1 Å². The highest BCUT2D eigenvalue weighted by Crippen LogP contribution is 2.19. The average Bonchev–Trinajstić information content (AvgIpc) is 3.06. The molecule has 0 fully saturated rings. The zero-order valence-corrected chi connectivity index (χ0v) is 16.0. The second-order valence-corrected chi connectivity index (χ2v) is 7.00. The van der Waals surface area contributed by atoms with Crippen LogP contribution in [0.4, 0.5) is 4.39 Å². The van der Waals surface area contributed by atoms with Crippen molar-refractivity contribution >= 4 is 17.3 Å². The Balaban J connectivity index is 1.82. The SMILES string of the molecule is CCNC(=NCCc1csc(C(C)C)n1)NCCc1ccccc1F. The third-order valence-corrected chi connectivity index (χ3v) is 4.88. The van der Waals surface area contributed by atoms with Gasteiger partial charge in [0.15, 0.2) is 5.96 Å². The lowest BCUT2D eigenvalue weighted by atomic mass is 10.1. The Kier molecular flexibility index (Phi) is 7.85. The monoisotopic (exact) mass is 362 g/mol. The van der Waals surface area contributed by atoms with Crippen molar-refractivity contribution in [3.63, 3.8) is 0 Å². The fraction of sp³-hybridized carbons (Fsp3) is 0.474. The third-order valence-electron chi connectivity index (χ3n) is 3.69. The van der Waals surface area contributed by atoms with Gasteiger partial charge in [0, 0.05) is 37.4 Å². The van der Waals surface area contributed by atoms with Gasteiger partial charge in [-0.15, -0.1) is 11.3 Å². The van der Waals surface area contributed by atoms with Crippen molar-refractivity contribution < 1.29 is 4.39 Å². The molecule has 0 aliphatic rings. The Hall–Kier alpha value is -1.95. The molecule has 0 bridgehead atoms. The van der Waals surface area contributed by atoms with Crippen molar-refractivity contribution in [1.29, 1.82) is 0 Å². The van der Waals surface area contributed by atoms with Crippen LogP contribution >= 0.6 is 11.3 Å². The fourth-order valence-corrected chi connectivity index (χ4v) is 3.21. The van der Waals surface area contributed by atoms with E-state index in [1.807, 2.05) is 19.1 Å². The van der Waals surface area contributed by atoms with Crippen molar-refractivity contribution in [2.75, 3.05) is 19.6 Å². The van der Waals surface area contributed by atoms with E-state index in [0.717, 1.165) is 30.2 Å². The van der Waals surface area contributed by atoms with E-state index in [1.54, 1.807) is 17.4 Å². The summed E-state index contributed by atoms with van der Waals surface area (Å²) in [6, 6.07) is 6.88. The number of rotatable bonds is 8. The smallest absolute Gasteiger partial charge is 0.191 e. The van der Waals surface area contributed by atoms with E-state index in [4.69, 9.17) is 0 Å². The average molecular weight is 363 g/mol. The molecule has 0 saturated heterocycles. The Labute approximate surface area is 153 Å². The summed E-state index contributed by atoms with van der Waals surface area (Å²) < 4.78 is 13.6. The van der Waals surface area contributed by atoms with E-state index < -0.39 is 0 Å². The molecule has 0 aliphatic heterocycles. The number of hydrogen-bond donors (Lipinski definition) is 2. The van der Waals surface area contributed by atoms with Crippen LogP contribution in [0.15, 0.2) is 34.6 Å². The molecule has 25 heavy (non-hydrogen) atoms. The molecule has 0 radical (unpaired) electrons. The minimum Gasteiger partial charge on any atom is -0.357 e. The molecule has 1 aromatic carbocycles. The summed E-state index contributed by atoms with van der Waals surface area (Å²) in [6.07, 6.45) is 1.45. The minimum atomic E-state index is -0.157. The van der Waals surface area contributed by atoms with Gasteiger partial charge >= 0.3 is 0 Å². The highest BCUT2D eigenvalue weighted by molar-refractivity contribution is 7.09. The molecule has 0 saturated carbocycles. The largest absolute Gasteiger partial charge is 0.357 e. The van der Waals surface area contributed by atoms with Crippen molar-refractivity contribution in [2.45, 2.75) is 39.5 Å². The molecule has 136 valence electrons. The molecule has 0 atom stereocenters. The highest BCUT2D eigenvalue weighted by Gasteiger charge is 2.06. The number of nitrogens with zero attached hydrogens (tertiary/aromatic N) is 2. The van der Waals surface area contributed by atoms with E-state index in [0.29, 0.717) is 25.4 Å². The summed E-state index contributed by atoms with van der Waals surface area (Å²) >= 11 is 1.71. The maximum atomic E-state index is 13.6. The molecular formula is C19H27FN4S. The quantitative estimate of drug-likeness (QED) is 0.555. The Bertz CT molecular complexity index is 682. The van der Waals surface area contributed by atoms with Gasteiger partial charge in [-0.3, -0.25) is 4.99 Å². The molecule has 0 aliphatic carbocycles. The predicted octanol–water partition coefficient (Wildman–Crippen LogP) is 3.75. The Morgan fingerprint density at radius 3 is 2.72 bits per heavy atom. The van der Waals surface area contributed by atoms with Crippen LogP contribution in [0.3, 0.4) is 0 Å². The summed E-state index contributed by atoms with van der Waals surface area (Å²) in [6.45, 7) is 8.45. The number of guanidine groups is 1. The molecule has 1 heterocycles. The van der Waals surface area contributed by atoms with Crippen LogP contribution < -0.4 is 10.6 Å². The minimum absolute atomic E-state index is 0.157. The molecule has 0 unspecified atom stereocenters. The molecule has 2 N–H and O–H groups in total. The Morgan fingerprint density at radius 1 is 1.24 bits per heavy atom. The summed E-state index contributed by atoms with van der Waals surface area (Å²) in [5, 5.41) is 9.77. The van der Waals surface area contributed by atoms with Gasteiger partial charge in [0.1, 0.15) is 5.82 Å². The number of aromatic nitrogens is 1. The van der Waals surface area contributed by atoms with E-state index in [-0.39, 0.29) is 5.82 Å². The molecule has 1 aromatic heterocycles. The maximum absolute atomic E-state index is 13.6. The topological polar surface area (TPSA) is 49.3 Å². The number of hydrogen-bond acceptors (Lipinski definition) is 3. The van der Waals surface area contributed by atoms with Gasteiger partial charge in [0.25, 0.3) is 0 Å². The number of nitrogens with one attached hydrogen (secondary N) is 2. The molecule has 2 rings (SSSR count). The van der Waals surface area contributed by atoms with Crippen molar-refractivity contribution in [2.24, 2.45) is 4.99 Å². The molecule has 4 nitrogen and oxygen atoms in total. The highest BCUT2D eigenvalue weighted by atomic mass is 32.1. The summed E-state index contributed by atoms with van der Waals surface area (Å²) in [7, 11) is 0. The number of thiazole rings is 1. The number of benzene rings is 1. The van der Waals surface area contributed by atoms with Crippen LogP contribution in [0.2, 0.25) is 0 Å². The van der Waals surface area contributed by atoms with Crippen LogP contribution in [-0.4, -0.2) is 30.6 Å². The van der Waals surface area contributed by atoms with Crippen LogP contribution in [0.5, 0.6) is 0 Å². The third kappa shape index (κ3) is 6.46. The zero-order valence-electron chi connectivity index (χ0n) is 15.2. The van der Waals surface area contributed by atoms with E-state index >= 15 is 0 Å². The summed E-state index contributed by atoms with van der Waals surface area (Å²) in [5.41, 5.74) is 1.81. The van der Waals surface area contributed by atoms with E-state index in [9.17, 15) is 4.39 Å². The van der Waals surface area contributed by atoms with Crippen LogP contribution in [0.25, 0.3) is 0 Å². The predicted molar refractivity (Wildman–Crippen MR) is 104 cm³/mol. The normalized spacial score (nSPS) is 11.8. The molecule has 0 amide bonds. The van der Waals surface area contributed by atoms with E-state index in [2.05, 4.69) is 39.8 Å². The van der Waals surface area contributed by atoms with Gasteiger partial charge in [-0.25, -0.2) is 9.37 Å². The van der Waals surface area contributed by atoms with Crippen molar-refractivity contribution in [3.05, 3.63) is 51.7 Å². The van der Waals surface area contributed by atoms with Crippen LogP contribution in [-0.2, 0) is 12.8 Å². The van der Waals surface area contributed by atoms with Gasteiger partial charge < -0.3 is 10.6 Å². The lowest BCUT2D eigenvalue weighted by Gasteiger charge is -2.11. The first-order chi connectivity index (χ1) is 12.1. The molecular weight excluding hydrogens is 335 g/mol. The first-order valence-electron chi connectivity index (χ1n) is 8.80. The molecule has 6 heteroatoms. The van der Waals surface area contributed by atoms with Gasteiger partial charge in [-0.1, -0.05) is 32.0 Å². The zero-order chi connectivity index (χ0) is 18.1. The lowest BCUT2D eigenvalue weighted by molar-refractivity contribution is 0.606. The summed E-state index contributed by atoms with van der Waals surface area (Å²) in [4.78, 5) is 9.21. The van der Waals surface area contributed by atoms with Gasteiger partial charge in [-0.2, -0.15) is 0 Å². The van der Waals surface area contributed by atoms with Gasteiger partial charge in [-0.05, 0) is 25.0 Å². The lowest BCUT2D eigenvalue weighted by Crippen LogP contribution is -2.38. The van der Waals surface area contributed by atoms with Crippen molar-refractivity contribution in [3.8, 4) is 0 Å². The Morgan fingerprint density at radius 2 is 2.04 bits per heavy atom. The fourth-order valence-electron chi connectivity index (χ4n) is 2.34. The van der Waals surface area contributed by atoms with Crippen LogP contribution in [0.1, 0.15) is 43.0 Å². The van der Waals surface area contributed by atoms with Gasteiger partial charge in [0.05, 0.1) is 10.7 Å². The van der Waals surface area contributed by atoms with Crippen molar-refractivity contribution in [1.82, 2.24) is 15.6 Å². The molecule has 0 spiro atoms. The first kappa shape index (κ1) is 19.4. The number of halogens is 1. The first-order valence-corrected chi connectivity index (χ1v) is 9.68. The maximum Gasteiger partial charge on any atom is 0.191 e.